The van der Waals surface area contributed by atoms with Crippen molar-refractivity contribution < 1.29 is 28.2 Å². The van der Waals surface area contributed by atoms with Crippen LogP contribution in [-0.2, 0) is 16.1 Å². The SMILES string of the molecule is COc1cc(-c2nnc(COC(=O)CC(c3ccccc3)c3ccccc3)o2)cc(OC)c1OC. The first-order chi connectivity index (χ1) is 17.1. The van der Waals surface area contributed by atoms with Crippen LogP contribution in [0.1, 0.15) is 29.4 Å². The first-order valence-corrected chi connectivity index (χ1v) is 11.0. The molecule has 180 valence electrons. The van der Waals surface area contributed by atoms with Crippen molar-refractivity contribution in [2.24, 2.45) is 0 Å². The van der Waals surface area contributed by atoms with E-state index in [0.29, 0.717) is 22.8 Å². The Balaban J connectivity index is 1.45. The molecule has 1 aromatic heterocycles. The van der Waals surface area contributed by atoms with Gasteiger partial charge in [0.1, 0.15) is 0 Å². The number of aromatic nitrogens is 2. The van der Waals surface area contributed by atoms with Crippen LogP contribution in [0.2, 0.25) is 0 Å². The highest BCUT2D eigenvalue weighted by Crippen LogP contribution is 2.40. The number of carbonyl (C=O) groups is 1. The van der Waals surface area contributed by atoms with Crippen molar-refractivity contribution in [1.82, 2.24) is 10.2 Å². The first-order valence-electron chi connectivity index (χ1n) is 11.0. The Hall–Kier alpha value is -4.33. The predicted octanol–water partition coefficient (Wildman–Crippen LogP) is 5.03. The van der Waals surface area contributed by atoms with E-state index in [2.05, 4.69) is 10.2 Å². The molecule has 8 nitrogen and oxygen atoms in total. The lowest BCUT2D eigenvalue weighted by Crippen LogP contribution is -2.12. The van der Waals surface area contributed by atoms with Crippen LogP contribution >= 0.6 is 0 Å². The molecular formula is C27H26N2O6. The molecule has 0 aliphatic carbocycles. The molecule has 0 aliphatic heterocycles. The van der Waals surface area contributed by atoms with Crippen molar-refractivity contribution in [3.8, 4) is 28.7 Å². The predicted molar refractivity (Wildman–Crippen MR) is 129 cm³/mol. The molecule has 0 fully saturated rings. The summed E-state index contributed by atoms with van der Waals surface area (Å²) >= 11 is 0. The number of carbonyl (C=O) groups excluding carboxylic acids is 1. The van der Waals surface area contributed by atoms with Crippen LogP contribution in [0.5, 0.6) is 17.2 Å². The third-order valence-corrected chi connectivity index (χ3v) is 5.51. The molecule has 0 aliphatic rings. The number of hydrogen-bond acceptors (Lipinski definition) is 8. The minimum Gasteiger partial charge on any atom is -0.493 e. The molecule has 0 amide bonds. The average Bonchev–Trinajstić information content (AvgIpc) is 3.40. The van der Waals surface area contributed by atoms with Crippen LogP contribution < -0.4 is 14.2 Å². The van der Waals surface area contributed by atoms with Crippen molar-refractivity contribution in [1.29, 1.82) is 0 Å². The van der Waals surface area contributed by atoms with E-state index in [-0.39, 0.29) is 36.7 Å². The molecule has 0 unspecified atom stereocenters. The van der Waals surface area contributed by atoms with Crippen LogP contribution in [0, 0.1) is 0 Å². The van der Waals surface area contributed by atoms with E-state index in [4.69, 9.17) is 23.4 Å². The van der Waals surface area contributed by atoms with E-state index < -0.39 is 0 Å². The van der Waals surface area contributed by atoms with Crippen LogP contribution in [0.15, 0.2) is 77.2 Å². The Morgan fingerprint density at radius 3 is 1.91 bits per heavy atom. The maximum absolute atomic E-state index is 12.7. The van der Waals surface area contributed by atoms with Gasteiger partial charge in [-0.1, -0.05) is 60.7 Å². The van der Waals surface area contributed by atoms with E-state index >= 15 is 0 Å². The summed E-state index contributed by atoms with van der Waals surface area (Å²) < 4.78 is 27.3. The van der Waals surface area contributed by atoms with Gasteiger partial charge in [-0.05, 0) is 23.3 Å². The van der Waals surface area contributed by atoms with Gasteiger partial charge in [-0.3, -0.25) is 4.79 Å². The van der Waals surface area contributed by atoms with Gasteiger partial charge in [0.25, 0.3) is 5.89 Å². The second-order valence-corrected chi connectivity index (χ2v) is 7.65. The van der Waals surface area contributed by atoms with Crippen molar-refractivity contribution in [2.45, 2.75) is 18.9 Å². The zero-order valence-electron chi connectivity index (χ0n) is 19.8. The van der Waals surface area contributed by atoms with Gasteiger partial charge < -0.3 is 23.4 Å². The fourth-order valence-corrected chi connectivity index (χ4v) is 3.80. The maximum atomic E-state index is 12.7. The third kappa shape index (κ3) is 5.60. The van der Waals surface area contributed by atoms with Gasteiger partial charge in [-0.2, -0.15) is 0 Å². The summed E-state index contributed by atoms with van der Waals surface area (Å²) in [5.41, 5.74) is 2.66. The summed E-state index contributed by atoms with van der Waals surface area (Å²) in [7, 11) is 4.58. The van der Waals surface area contributed by atoms with Crippen LogP contribution in [0.4, 0.5) is 0 Å². The molecular weight excluding hydrogens is 448 g/mol. The first kappa shape index (κ1) is 23.8. The van der Waals surface area contributed by atoms with Gasteiger partial charge in [0.05, 0.1) is 27.8 Å². The van der Waals surface area contributed by atoms with Crippen molar-refractivity contribution in [3.05, 3.63) is 89.8 Å². The number of ether oxygens (including phenoxy) is 4. The maximum Gasteiger partial charge on any atom is 0.307 e. The standard InChI is InChI=1S/C27H26N2O6/c1-31-22-14-20(15-23(32-2)26(22)33-3)27-29-28-24(35-27)17-34-25(30)16-21(18-10-6-4-7-11-18)19-12-8-5-9-13-19/h4-15,21H,16-17H2,1-3H3. The van der Waals surface area contributed by atoms with E-state index in [1.54, 1.807) is 12.1 Å². The van der Waals surface area contributed by atoms with Crippen LogP contribution in [0.25, 0.3) is 11.5 Å². The van der Waals surface area contributed by atoms with Crippen LogP contribution in [0.3, 0.4) is 0 Å². The largest absolute Gasteiger partial charge is 0.493 e. The third-order valence-electron chi connectivity index (χ3n) is 5.51. The molecule has 0 atom stereocenters. The van der Waals surface area contributed by atoms with Gasteiger partial charge in [0, 0.05) is 11.5 Å². The van der Waals surface area contributed by atoms with E-state index in [1.165, 1.54) is 21.3 Å². The summed E-state index contributed by atoms with van der Waals surface area (Å²) in [6.07, 6.45) is 0.182. The monoisotopic (exact) mass is 474 g/mol. The molecule has 0 saturated heterocycles. The quantitative estimate of drug-likeness (QED) is 0.296. The van der Waals surface area contributed by atoms with Gasteiger partial charge in [0.15, 0.2) is 18.1 Å². The fraction of sp³-hybridized carbons (Fsp3) is 0.222. The molecule has 8 heteroatoms. The molecule has 0 N–H and O–H groups in total. The summed E-state index contributed by atoms with van der Waals surface area (Å²) in [6.45, 7) is -0.132. The lowest BCUT2D eigenvalue weighted by molar-refractivity contribution is -0.145. The van der Waals surface area contributed by atoms with Crippen molar-refractivity contribution >= 4 is 5.97 Å². The van der Waals surface area contributed by atoms with Gasteiger partial charge >= 0.3 is 5.97 Å². The molecule has 0 radical (unpaired) electrons. The van der Waals surface area contributed by atoms with E-state index in [0.717, 1.165) is 11.1 Å². The van der Waals surface area contributed by atoms with Crippen LogP contribution in [-0.4, -0.2) is 37.5 Å². The number of esters is 1. The number of rotatable bonds is 10. The van der Waals surface area contributed by atoms with Crippen molar-refractivity contribution in [3.63, 3.8) is 0 Å². The average molecular weight is 475 g/mol. The van der Waals surface area contributed by atoms with Gasteiger partial charge in [0.2, 0.25) is 11.6 Å². The summed E-state index contributed by atoms with van der Waals surface area (Å²) in [6, 6.07) is 23.2. The smallest absolute Gasteiger partial charge is 0.307 e. The lowest BCUT2D eigenvalue weighted by Gasteiger charge is -2.17. The van der Waals surface area contributed by atoms with Gasteiger partial charge in [-0.15, -0.1) is 10.2 Å². The molecule has 3 aromatic carbocycles. The summed E-state index contributed by atoms with van der Waals surface area (Å²) in [5, 5.41) is 8.07. The fourth-order valence-electron chi connectivity index (χ4n) is 3.80. The number of nitrogens with zero attached hydrogens (tertiary/aromatic N) is 2. The second kappa shape index (κ2) is 11.2. The topological polar surface area (TPSA) is 92.9 Å². The minimum atomic E-state index is -0.366. The highest BCUT2D eigenvalue weighted by Gasteiger charge is 2.21. The molecule has 1 heterocycles. The Bertz CT molecular complexity index is 1190. The van der Waals surface area contributed by atoms with Crippen molar-refractivity contribution in [2.75, 3.05) is 21.3 Å². The van der Waals surface area contributed by atoms with E-state index in [1.807, 2.05) is 60.7 Å². The molecule has 35 heavy (non-hydrogen) atoms. The zero-order chi connectivity index (χ0) is 24.6. The Morgan fingerprint density at radius 1 is 0.829 bits per heavy atom. The van der Waals surface area contributed by atoms with E-state index in [9.17, 15) is 4.79 Å². The number of benzene rings is 3. The normalized spacial score (nSPS) is 10.7. The van der Waals surface area contributed by atoms with Gasteiger partial charge in [-0.25, -0.2) is 0 Å². The highest BCUT2D eigenvalue weighted by atomic mass is 16.5. The molecule has 4 rings (SSSR count). The Morgan fingerprint density at radius 2 is 1.40 bits per heavy atom. The molecule has 0 bridgehead atoms. The minimum absolute atomic E-state index is 0.123. The second-order valence-electron chi connectivity index (χ2n) is 7.65. The number of methoxy groups -OCH3 is 3. The Kier molecular flexibility index (Phi) is 7.62. The lowest BCUT2D eigenvalue weighted by atomic mass is 9.89. The summed E-state index contributed by atoms with van der Waals surface area (Å²) in [5.74, 6) is 1.30. The Labute approximate surface area is 203 Å². The molecule has 0 saturated carbocycles. The highest BCUT2D eigenvalue weighted by molar-refractivity contribution is 5.71. The summed E-state index contributed by atoms with van der Waals surface area (Å²) in [4.78, 5) is 12.7. The molecule has 4 aromatic rings. The molecule has 0 spiro atoms. The zero-order valence-corrected chi connectivity index (χ0v) is 19.8. The number of hydrogen-bond donors (Lipinski definition) is 0.